The minimum atomic E-state index is -5.37. The Morgan fingerprint density at radius 1 is 1.22 bits per heavy atom. The Morgan fingerprint density at radius 2 is 1.84 bits per heavy atom. The van der Waals surface area contributed by atoms with Gasteiger partial charge in [-0.2, -0.15) is 35.8 Å². The summed E-state index contributed by atoms with van der Waals surface area (Å²) in [6.07, 6.45) is -4.24. The maximum absolute atomic E-state index is 14.1. The summed E-state index contributed by atoms with van der Waals surface area (Å²) in [7, 11) is 0.948. The van der Waals surface area contributed by atoms with E-state index in [-0.39, 0.29) is 24.1 Å². The molecular weight excluding hydrogens is 467 g/mol. The third kappa shape index (κ3) is 5.03. The van der Waals surface area contributed by atoms with Crippen LogP contribution in [0.15, 0.2) is 29.3 Å². The van der Waals surface area contributed by atoms with E-state index in [9.17, 15) is 35.5 Å². The van der Waals surface area contributed by atoms with Gasteiger partial charge in [0.15, 0.2) is 12.0 Å². The largest absolute Gasteiger partial charge is 0.420 e. The zero-order chi connectivity index (χ0) is 24.5. The lowest BCUT2D eigenvalue weighted by Gasteiger charge is -2.23. The lowest BCUT2D eigenvalue weighted by atomic mass is 9.99. The Hall–Kier alpha value is -2.69. The number of nitrogens with zero attached hydrogens (tertiary/aromatic N) is 3. The van der Waals surface area contributed by atoms with Crippen molar-refractivity contribution >= 4 is 30.2 Å². The number of aliphatic imine (C=N–C) groups is 1. The molecular formula is C20H17ClF7N3O. The van der Waals surface area contributed by atoms with Gasteiger partial charge >= 0.3 is 18.0 Å². The number of aldehydes is 1. The van der Waals surface area contributed by atoms with Crippen molar-refractivity contribution in [2.75, 3.05) is 6.54 Å². The second-order valence-corrected chi connectivity index (χ2v) is 7.33. The molecule has 0 N–H and O–H groups in total. The van der Waals surface area contributed by atoms with E-state index in [1.807, 2.05) is 0 Å². The number of aromatic nitrogens is 2. The van der Waals surface area contributed by atoms with Gasteiger partial charge in [0, 0.05) is 26.0 Å². The van der Waals surface area contributed by atoms with Crippen LogP contribution in [0, 0.1) is 0 Å². The van der Waals surface area contributed by atoms with Crippen LogP contribution in [0.2, 0.25) is 5.02 Å². The molecule has 0 saturated carbocycles. The number of halogens is 8. The fourth-order valence-electron chi connectivity index (χ4n) is 2.97. The monoisotopic (exact) mass is 483 g/mol. The topological polar surface area (TPSA) is 47.2 Å². The molecule has 32 heavy (non-hydrogen) atoms. The van der Waals surface area contributed by atoms with Crippen LogP contribution in [0.25, 0.3) is 5.57 Å². The normalized spacial score (nSPS) is 13.4. The zero-order valence-corrected chi connectivity index (χ0v) is 17.5. The molecule has 0 fully saturated rings. The maximum Gasteiger partial charge on any atom is 0.420 e. The second kappa shape index (κ2) is 9.05. The van der Waals surface area contributed by atoms with E-state index in [1.54, 1.807) is 0 Å². The Labute approximate surface area is 183 Å². The smallest absolute Gasteiger partial charge is 0.298 e. The lowest BCUT2D eigenvalue weighted by Crippen LogP contribution is -2.37. The highest BCUT2D eigenvalue weighted by molar-refractivity contribution is 6.33. The summed E-state index contributed by atoms with van der Waals surface area (Å²) in [5.74, 6) is -9.93. The van der Waals surface area contributed by atoms with Crippen LogP contribution >= 0.6 is 11.6 Å². The van der Waals surface area contributed by atoms with E-state index in [4.69, 9.17) is 11.6 Å². The van der Waals surface area contributed by atoms with Crippen molar-refractivity contribution in [1.82, 2.24) is 9.78 Å². The number of benzene rings is 1. The van der Waals surface area contributed by atoms with E-state index in [0.717, 1.165) is 7.05 Å². The highest BCUT2D eigenvalue weighted by atomic mass is 35.5. The van der Waals surface area contributed by atoms with Crippen molar-refractivity contribution in [3.8, 4) is 0 Å². The van der Waals surface area contributed by atoms with Gasteiger partial charge in [0.2, 0.25) is 0 Å². The van der Waals surface area contributed by atoms with Crippen LogP contribution in [0.1, 0.15) is 39.8 Å². The van der Waals surface area contributed by atoms with Crippen molar-refractivity contribution in [1.29, 1.82) is 0 Å². The molecule has 0 aliphatic rings. The number of aryl methyl sites for hydroxylation is 1. The molecule has 174 valence electrons. The predicted molar refractivity (Wildman–Crippen MR) is 106 cm³/mol. The quantitative estimate of drug-likeness (QED) is 0.263. The number of carbonyl (C=O) groups excluding carboxylic acids is 1. The van der Waals surface area contributed by atoms with E-state index in [2.05, 4.69) is 16.8 Å². The maximum atomic E-state index is 14.1. The molecule has 0 radical (unpaired) electrons. The summed E-state index contributed by atoms with van der Waals surface area (Å²) in [6, 6.07) is 4.25. The van der Waals surface area contributed by atoms with Gasteiger partial charge in [-0.25, -0.2) is 0 Å². The first-order chi connectivity index (χ1) is 14.6. The van der Waals surface area contributed by atoms with Gasteiger partial charge in [0.05, 0.1) is 17.3 Å². The summed E-state index contributed by atoms with van der Waals surface area (Å²) >= 11 is 5.87. The number of allylic oxidation sites excluding steroid dienone is 1. The van der Waals surface area contributed by atoms with Crippen LogP contribution < -0.4 is 0 Å². The van der Waals surface area contributed by atoms with Crippen LogP contribution in [0.5, 0.6) is 0 Å². The Kier molecular flexibility index (Phi) is 7.23. The van der Waals surface area contributed by atoms with Crippen molar-refractivity contribution < 1.29 is 35.5 Å². The van der Waals surface area contributed by atoms with Crippen LogP contribution in [-0.2, 0) is 25.6 Å². The third-order valence-electron chi connectivity index (χ3n) is 4.62. The third-order valence-corrected chi connectivity index (χ3v) is 4.96. The standard InChI is InChI=1S/C20H17ClF7N3O/c1-18(22,23)19(24,25)17-16(20(26,27)28)15(31(3)30-17)7-5-12(9-29-2)11-4-6-14(21)13(8-11)10-32/h4-6,8,10H,2,7,9H2,1,3H3/b12-5+. The molecule has 0 unspecified atom stereocenters. The summed E-state index contributed by atoms with van der Waals surface area (Å²) in [5, 5.41) is 3.24. The first-order valence-corrected chi connectivity index (χ1v) is 9.28. The summed E-state index contributed by atoms with van der Waals surface area (Å²) in [5.41, 5.74) is -3.93. The average molecular weight is 484 g/mol. The van der Waals surface area contributed by atoms with E-state index < -0.39 is 41.4 Å². The summed E-state index contributed by atoms with van der Waals surface area (Å²) in [6.45, 7) is 3.04. The molecule has 0 aliphatic heterocycles. The molecule has 0 saturated heterocycles. The minimum absolute atomic E-state index is 0.0881. The highest BCUT2D eigenvalue weighted by Crippen LogP contribution is 2.47. The molecule has 0 aliphatic carbocycles. The lowest BCUT2D eigenvalue weighted by molar-refractivity contribution is -0.212. The first-order valence-electron chi connectivity index (χ1n) is 8.91. The van der Waals surface area contributed by atoms with Crippen molar-refractivity contribution in [3.63, 3.8) is 0 Å². The molecule has 1 aromatic carbocycles. The molecule has 2 aromatic rings. The predicted octanol–water partition coefficient (Wildman–Crippen LogP) is 5.98. The summed E-state index contributed by atoms with van der Waals surface area (Å²) < 4.78 is 96.5. The molecule has 0 spiro atoms. The van der Waals surface area contributed by atoms with E-state index in [0.29, 0.717) is 22.1 Å². The second-order valence-electron chi connectivity index (χ2n) is 6.92. The zero-order valence-electron chi connectivity index (χ0n) is 16.8. The molecule has 4 nitrogen and oxygen atoms in total. The van der Waals surface area contributed by atoms with Crippen molar-refractivity contribution in [2.24, 2.45) is 12.0 Å². The van der Waals surface area contributed by atoms with Crippen molar-refractivity contribution in [3.05, 3.63) is 57.4 Å². The van der Waals surface area contributed by atoms with Crippen LogP contribution in [0.3, 0.4) is 0 Å². The van der Waals surface area contributed by atoms with Gasteiger partial charge in [0.25, 0.3) is 0 Å². The Balaban J connectivity index is 2.63. The molecule has 1 heterocycles. The number of rotatable bonds is 8. The van der Waals surface area contributed by atoms with Gasteiger partial charge in [-0.1, -0.05) is 23.7 Å². The Bertz CT molecular complexity index is 1050. The van der Waals surface area contributed by atoms with Gasteiger partial charge < -0.3 is 0 Å². The number of hydrogen-bond acceptors (Lipinski definition) is 3. The van der Waals surface area contributed by atoms with Gasteiger partial charge in [-0.05, 0) is 30.0 Å². The van der Waals surface area contributed by atoms with Gasteiger partial charge in [-0.15, -0.1) is 0 Å². The molecule has 12 heteroatoms. The van der Waals surface area contributed by atoms with Gasteiger partial charge in [-0.3, -0.25) is 14.5 Å². The van der Waals surface area contributed by atoms with Gasteiger partial charge in [0.1, 0.15) is 5.56 Å². The molecule has 2 rings (SSSR count). The number of hydrogen-bond donors (Lipinski definition) is 0. The SMILES string of the molecule is C=NC/C(=C\Cc1c(C(F)(F)F)c(C(F)(F)C(C)(F)F)nn1C)c1ccc(Cl)c(C=O)c1. The fraction of sp³-hybridized carbons (Fsp3) is 0.350. The molecule has 0 amide bonds. The number of alkyl halides is 7. The molecule has 1 aromatic heterocycles. The number of carbonyl (C=O) groups is 1. The van der Waals surface area contributed by atoms with E-state index in [1.165, 1.54) is 24.3 Å². The van der Waals surface area contributed by atoms with Crippen LogP contribution in [0.4, 0.5) is 30.7 Å². The molecule has 0 atom stereocenters. The average Bonchev–Trinajstić information content (AvgIpc) is 3.02. The molecule has 0 bridgehead atoms. The minimum Gasteiger partial charge on any atom is -0.298 e. The summed E-state index contributed by atoms with van der Waals surface area (Å²) in [4.78, 5) is 14.8. The Morgan fingerprint density at radius 3 is 2.34 bits per heavy atom. The van der Waals surface area contributed by atoms with E-state index >= 15 is 0 Å². The first kappa shape index (κ1) is 25.6. The highest BCUT2D eigenvalue weighted by Gasteiger charge is 2.59. The van der Waals surface area contributed by atoms with Crippen LogP contribution in [-0.4, -0.2) is 35.3 Å². The van der Waals surface area contributed by atoms with Crippen molar-refractivity contribution in [2.45, 2.75) is 31.4 Å². The fourth-order valence-corrected chi connectivity index (χ4v) is 3.13.